The van der Waals surface area contributed by atoms with Crippen molar-refractivity contribution in [3.8, 4) is 0 Å². The van der Waals surface area contributed by atoms with Crippen molar-refractivity contribution in [1.82, 2.24) is 0 Å². The first-order valence-electron chi connectivity index (χ1n) is 24.2. The molecule has 0 bridgehead atoms. The minimum atomic E-state index is -0.872. The molecule has 2 atom stereocenters. The van der Waals surface area contributed by atoms with Crippen molar-refractivity contribution in [2.45, 2.75) is 244 Å². The van der Waals surface area contributed by atoms with Crippen LogP contribution in [0.1, 0.15) is 232 Å². The molecule has 0 fully saturated rings. The molecule has 0 aliphatic heterocycles. The van der Waals surface area contributed by atoms with Gasteiger partial charge in [0.1, 0.15) is 6.61 Å². The predicted octanol–water partition coefficient (Wildman–Crippen LogP) is 13.5. The molecule has 0 amide bonds. The van der Waals surface area contributed by atoms with E-state index in [1.165, 1.54) is 161 Å². The van der Waals surface area contributed by atoms with Crippen LogP contribution >= 0.6 is 0 Å². The fourth-order valence-electron chi connectivity index (χ4n) is 7.38. The van der Waals surface area contributed by atoms with Crippen LogP contribution in [0, 0.1) is 0 Å². The van der Waals surface area contributed by atoms with Gasteiger partial charge in [-0.15, -0.1) is 0 Å². The van der Waals surface area contributed by atoms with Crippen molar-refractivity contribution in [2.24, 2.45) is 0 Å². The van der Waals surface area contributed by atoms with Crippen LogP contribution < -0.4 is 0 Å². The summed E-state index contributed by atoms with van der Waals surface area (Å²) in [6.45, 7) is 4.76. The molecule has 2 unspecified atom stereocenters. The third kappa shape index (κ3) is 39.3. The van der Waals surface area contributed by atoms with Crippen molar-refractivity contribution in [2.75, 3.05) is 41.0 Å². The highest BCUT2D eigenvalue weighted by molar-refractivity contribution is 5.72. The number of hydrogen-bond acceptors (Lipinski definition) is 6. The van der Waals surface area contributed by atoms with E-state index in [2.05, 4.69) is 26.0 Å². The minimum absolute atomic E-state index is 0.0472. The second-order valence-corrected chi connectivity index (χ2v) is 17.7. The number of hydrogen-bond donors (Lipinski definition) is 1. The van der Waals surface area contributed by atoms with Gasteiger partial charge in [-0.25, -0.2) is 4.79 Å². The van der Waals surface area contributed by atoms with E-state index in [4.69, 9.17) is 14.2 Å². The van der Waals surface area contributed by atoms with Crippen LogP contribution in [-0.2, 0) is 28.6 Å². The molecule has 0 heterocycles. The van der Waals surface area contributed by atoms with E-state index in [0.29, 0.717) is 19.3 Å². The van der Waals surface area contributed by atoms with Crippen molar-refractivity contribution in [1.29, 1.82) is 0 Å². The second kappa shape index (κ2) is 40.8. The first-order valence-corrected chi connectivity index (χ1v) is 24.2. The van der Waals surface area contributed by atoms with Gasteiger partial charge in [0.2, 0.25) is 0 Å². The summed E-state index contributed by atoms with van der Waals surface area (Å²) < 4.78 is 17.3. The second-order valence-electron chi connectivity index (χ2n) is 17.7. The molecule has 0 aliphatic carbocycles. The molecule has 0 rings (SSSR count). The van der Waals surface area contributed by atoms with Gasteiger partial charge in [-0.1, -0.05) is 187 Å². The highest BCUT2D eigenvalue weighted by Crippen LogP contribution is 2.16. The highest BCUT2D eigenvalue weighted by atomic mass is 16.6. The summed E-state index contributed by atoms with van der Waals surface area (Å²) in [6, 6.07) is -0.610. The van der Waals surface area contributed by atoms with E-state index in [-0.39, 0.29) is 36.2 Å². The first kappa shape index (κ1) is 55.1. The third-order valence-corrected chi connectivity index (χ3v) is 11.2. The Labute approximate surface area is 352 Å². The average Bonchev–Trinajstić information content (AvgIpc) is 3.17. The predicted molar refractivity (Wildman–Crippen MR) is 239 cm³/mol. The Hall–Kier alpha value is -1.93. The van der Waals surface area contributed by atoms with Gasteiger partial charge in [0, 0.05) is 19.3 Å². The molecule has 0 radical (unpaired) electrons. The van der Waals surface area contributed by atoms with Gasteiger partial charge in [-0.2, -0.15) is 0 Å². The van der Waals surface area contributed by atoms with E-state index in [9.17, 15) is 19.5 Å². The van der Waals surface area contributed by atoms with Gasteiger partial charge in [0.15, 0.2) is 12.1 Å². The molecule has 0 aromatic heterocycles. The molecule has 336 valence electrons. The number of ether oxygens (including phenoxy) is 3. The van der Waals surface area contributed by atoms with E-state index in [1.807, 2.05) is 21.1 Å². The highest BCUT2D eigenvalue weighted by Gasteiger charge is 2.31. The van der Waals surface area contributed by atoms with Crippen LogP contribution in [0.15, 0.2) is 12.2 Å². The number of nitrogens with zero attached hydrogens (tertiary/aromatic N) is 1. The summed E-state index contributed by atoms with van der Waals surface area (Å²) in [5, 5.41) is 9.62. The minimum Gasteiger partial charge on any atom is -0.477 e. The van der Waals surface area contributed by atoms with Crippen molar-refractivity contribution >= 4 is 17.9 Å². The number of carboxylic acids is 1. The first-order chi connectivity index (χ1) is 27.6. The van der Waals surface area contributed by atoms with E-state index >= 15 is 0 Å². The quantitative estimate of drug-likeness (QED) is 0.0283. The normalized spacial score (nSPS) is 12.9. The molecule has 0 saturated heterocycles. The maximum Gasteiger partial charge on any atom is 0.362 e. The molecule has 0 aliphatic rings. The lowest BCUT2D eigenvalue weighted by atomic mass is 10.0. The largest absolute Gasteiger partial charge is 0.477 e. The van der Waals surface area contributed by atoms with Gasteiger partial charge in [0.25, 0.3) is 0 Å². The summed E-state index contributed by atoms with van der Waals surface area (Å²) in [5.74, 6) is -1.46. The smallest absolute Gasteiger partial charge is 0.362 e. The number of carboxylic acid groups (broad SMARTS) is 1. The fourth-order valence-corrected chi connectivity index (χ4v) is 7.38. The number of quaternary nitrogens is 1. The summed E-state index contributed by atoms with van der Waals surface area (Å²) >= 11 is 0. The van der Waals surface area contributed by atoms with Crippen LogP contribution in [0.2, 0.25) is 0 Å². The summed E-state index contributed by atoms with van der Waals surface area (Å²) in [4.78, 5) is 37.0. The van der Waals surface area contributed by atoms with Gasteiger partial charge < -0.3 is 23.8 Å². The Bertz CT molecular complexity index is 947. The zero-order valence-corrected chi connectivity index (χ0v) is 38.3. The van der Waals surface area contributed by atoms with E-state index < -0.39 is 18.1 Å². The monoisotopic (exact) mass is 809 g/mol. The zero-order chi connectivity index (χ0) is 42.1. The molecule has 0 saturated carbocycles. The lowest BCUT2D eigenvalue weighted by Gasteiger charge is -2.31. The molecule has 57 heavy (non-hydrogen) atoms. The third-order valence-electron chi connectivity index (χ3n) is 11.2. The maximum absolute atomic E-state index is 12.7. The van der Waals surface area contributed by atoms with Crippen LogP contribution in [0.25, 0.3) is 0 Å². The Morgan fingerprint density at radius 2 is 0.877 bits per heavy atom. The molecule has 0 aromatic rings. The lowest BCUT2D eigenvalue weighted by molar-refractivity contribution is -0.887. The lowest BCUT2D eigenvalue weighted by Crippen LogP contribution is -2.50. The number of likely N-dealkylation sites (N-methyl/N-ethyl adjacent to an activating group) is 1. The van der Waals surface area contributed by atoms with Crippen LogP contribution in [0.4, 0.5) is 0 Å². The Morgan fingerprint density at radius 1 is 0.509 bits per heavy atom. The van der Waals surface area contributed by atoms with Gasteiger partial charge >= 0.3 is 17.9 Å². The molecule has 8 nitrogen and oxygen atoms in total. The number of unbranched alkanes of at least 4 members (excludes halogenated alkanes) is 28. The topological polar surface area (TPSA) is 99.1 Å². The Kier molecular flexibility index (Phi) is 39.4. The van der Waals surface area contributed by atoms with Crippen molar-refractivity contribution in [3.63, 3.8) is 0 Å². The van der Waals surface area contributed by atoms with Gasteiger partial charge in [0.05, 0.1) is 34.4 Å². The van der Waals surface area contributed by atoms with Crippen LogP contribution in [0.3, 0.4) is 0 Å². The van der Waals surface area contributed by atoms with Crippen LogP contribution in [0.5, 0.6) is 0 Å². The number of carbonyl (C=O) groups is 3. The molecular weight excluding hydrogens is 715 g/mol. The standard InChI is InChI=1S/C49H93NO7/c1-6-8-10-12-14-16-18-20-21-22-23-24-25-26-27-28-30-31-33-35-37-39-47(51)56-44-45(43-55-42-41-46(49(53)54)50(3,4)5)57-48(52)40-38-36-34-32-29-19-17-15-13-11-9-7-2/h24-25,45-46H,6-23,26-44H2,1-5H3/p+1/b25-24+. The van der Waals surface area contributed by atoms with E-state index in [1.54, 1.807) is 0 Å². The molecule has 0 spiro atoms. The van der Waals surface area contributed by atoms with Crippen molar-refractivity contribution < 1.29 is 38.2 Å². The van der Waals surface area contributed by atoms with Crippen molar-refractivity contribution in [3.05, 3.63) is 12.2 Å². The molecular formula is C49H94NO7+. The number of esters is 2. The molecule has 1 N–H and O–H groups in total. The molecule has 0 aromatic carbocycles. The van der Waals surface area contributed by atoms with Gasteiger partial charge in [-0.05, 0) is 38.5 Å². The number of carbonyl (C=O) groups excluding carboxylic acids is 2. The fraction of sp³-hybridized carbons (Fsp3) is 0.898. The Balaban J connectivity index is 4.20. The Morgan fingerprint density at radius 3 is 1.26 bits per heavy atom. The summed E-state index contributed by atoms with van der Waals surface area (Å²) in [6.07, 6.45) is 44.0. The number of aliphatic carboxylic acids is 1. The number of rotatable bonds is 44. The summed E-state index contributed by atoms with van der Waals surface area (Å²) in [5.41, 5.74) is 0. The average molecular weight is 809 g/mol. The zero-order valence-electron chi connectivity index (χ0n) is 38.3. The SMILES string of the molecule is CCCCCCCCCCCC/C=C/CCCCCCCCCC(=O)OCC(COCCC(C(=O)O)[N+](C)(C)C)OC(=O)CCCCCCCCCCCCCC. The number of allylic oxidation sites excluding steroid dienone is 2. The maximum atomic E-state index is 12.7. The van der Waals surface area contributed by atoms with Crippen LogP contribution in [-0.4, -0.2) is 80.6 Å². The van der Waals surface area contributed by atoms with E-state index in [0.717, 1.165) is 38.5 Å². The summed E-state index contributed by atoms with van der Waals surface area (Å²) in [7, 11) is 5.54. The molecule has 8 heteroatoms. The van der Waals surface area contributed by atoms with Gasteiger partial charge in [-0.3, -0.25) is 9.59 Å².